The summed E-state index contributed by atoms with van der Waals surface area (Å²) in [5.74, 6) is 1.32. The van der Waals surface area contributed by atoms with E-state index in [2.05, 4.69) is 22.5 Å². The van der Waals surface area contributed by atoms with Crippen LogP contribution >= 0.6 is 0 Å². The lowest BCUT2D eigenvalue weighted by Crippen LogP contribution is -2.25. The maximum atomic E-state index is 11.9. The topological polar surface area (TPSA) is 72.5 Å². The number of rotatable bonds is 6. The van der Waals surface area contributed by atoms with Gasteiger partial charge in [0.25, 0.3) is 5.91 Å². The minimum Gasteiger partial charge on any atom is -0.454 e. The molecule has 0 bridgehead atoms. The maximum Gasteiger partial charge on any atom is 0.269 e. The average molecular weight is 313 g/mol. The van der Waals surface area contributed by atoms with Gasteiger partial charge in [0.1, 0.15) is 5.69 Å². The molecule has 6 heteroatoms. The minimum absolute atomic E-state index is 0.145. The number of fused-ring (bicyclic) bond motifs is 1. The van der Waals surface area contributed by atoms with Gasteiger partial charge in [-0.2, -0.15) is 0 Å². The summed E-state index contributed by atoms with van der Waals surface area (Å²) < 4.78 is 10.6. The number of pyridine rings is 1. The zero-order valence-corrected chi connectivity index (χ0v) is 13.0. The summed E-state index contributed by atoms with van der Waals surface area (Å²) in [6.45, 7) is 3.01. The Kier molecular flexibility index (Phi) is 4.61. The number of ether oxygens (including phenoxy) is 2. The van der Waals surface area contributed by atoms with Gasteiger partial charge in [0.05, 0.1) is 11.9 Å². The highest BCUT2D eigenvalue weighted by Crippen LogP contribution is 2.34. The predicted octanol–water partition coefficient (Wildman–Crippen LogP) is 3.08. The van der Waals surface area contributed by atoms with Crippen molar-refractivity contribution in [2.75, 3.05) is 18.7 Å². The Bertz CT molecular complexity index is 686. The lowest BCUT2D eigenvalue weighted by molar-refractivity contribution is 0.0948. The number of benzene rings is 1. The Labute approximate surface area is 134 Å². The number of carbonyl (C=O) groups is 1. The number of carbonyl (C=O) groups excluding carboxylic acids is 1. The number of amides is 1. The summed E-state index contributed by atoms with van der Waals surface area (Å²) in [7, 11) is 0. The Morgan fingerprint density at radius 3 is 2.78 bits per heavy atom. The van der Waals surface area contributed by atoms with E-state index in [0.717, 1.165) is 35.7 Å². The van der Waals surface area contributed by atoms with Crippen LogP contribution in [0.15, 0.2) is 36.5 Å². The Balaban J connectivity index is 1.62. The monoisotopic (exact) mass is 313 g/mol. The van der Waals surface area contributed by atoms with Gasteiger partial charge >= 0.3 is 0 Å². The number of nitrogens with one attached hydrogen (secondary N) is 2. The molecular weight excluding hydrogens is 294 g/mol. The lowest BCUT2D eigenvalue weighted by atomic mass is 10.2. The van der Waals surface area contributed by atoms with Crippen molar-refractivity contribution in [1.82, 2.24) is 10.3 Å². The second kappa shape index (κ2) is 7.00. The first-order valence-electron chi connectivity index (χ1n) is 7.67. The van der Waals surface area contributed by atoms with Gasteiger partial charge < -0.3 is 20.1 Å². The fourth-order valence-corrected chi connectivity index (χ4v) is 2.21. The normalized spacial score (nSPS) is 12.0. The number of hydrogen-bond acceptors (Lipinski definition) is 5. The highest BCUT2D eigenvalue weighted by molar-refractivity contribution is 5.92. The van der Waals surface area contributed by atoms with Crippen LogP contribution in [0.1, 0.15) is 30.3 Å². The summed E-state index contributed by atoms with van der Waals surface area (Å²) in [6, 6.07) is 9.16. The molecule has 2 N–H and O–H groups in total. The molecule has 0 saturated heterocycles. The number of aromatic nitrogens is 1. The van der Waals surface area contributed by atoms with Crippen LogP contribution in [0.25, 0.3) is 0 Å². The van der Waals surface area contributed by atoms with E-state index in [1.54, 1.807) is 12.3 Å². The van der Waals surface area contributed by atoms with Crippen molar-refractivity contribution in [1.29, 1.82) is 0 Å². The fraction of sp³-hybridized carbons (Fsp3) is 0.294. The zero-order chi connectivity index (χ0) is 16.1. The third-order valence-corrected chi connectivity index (χ3v) is 3.47. The molecule has 0 radical (unpaired) electrons. The average Bonchev–Trinajstić information content (AvgIpc) is 3.03. The van der Waals surface area contributed by atoms with Gasteiger partial charge in [0, 0.05) is 18.3 Å². The van der Waals surface area contributed by atoms with Gasteiger partial charge in [-0.15, -0.1) is 0 Å². The van der Waals surface area contributed by atoms with Crippen molar-refractivity contribution >= 4 is 17.3 Å². The van der Waals surface area contributed by atoms with Crippen molar-refractivity contribution in [2.24, 2.45) is 0 Å². The van der Waals surface area contributed by atoms with E-state index in [1.165, 1.54) is 0 Å². The van der Waals surface area contributed by atoms with Crippen LogP contribution in [0.2, 0.25) is 0 Å². The Morgan fingerprint density at radius 2 is 2.00 bits per heavy atom. The highest BCUT2D eigenvalue weighted by Gasteiger charge is 2.13. The highest BCUT2D eigenvalue weighted by atomic mass is 16.7. The second-order valence-electron chi connectivity index (χ2n) is 5.23. The smallest absolute Gasteiger partial charge is 0.269 e. The second-order valence-corrected chi connectivity index (χ2v) is 5.23. The van der Waals surface area contributed by atoms with Crippen molar-refractivity contribution in [3.63, 3.8) is 0 Å². The zero-order valence-electron chi connectivity index (χ0n) is 13.0. The van der Waals surface area contributed by atoms with Gasteiger partial charge in [-0.1, -0.05) is 13.3 Å². The van der Waals surface area contributed by atoms with Gasteiger partial charge in [0.2, 0.25) is 6.79 Å². The van der Waals surface area contributed by atoms with E-state index < -0.39 is 0 Å². The van der Waals surface area contributed by atoms with Crippen molar-refractivity contribution in [3.05, 3.63) is 42.2 Å². The molecule has 0 saturated carbocycles. The summed E-state index contributed by atoms with van der Waals surface area (Å²) in [4.78, 5) is 16.1. The molecule has 6 nitrogen and oxygen atoms in total. The molecule has 0 aliphatic carbocycles. The molecule has 2 aromatic rings. The van der Waals surface area contributed by atoms with Crippen LogP contribution in [0.3, 0.4) is 0 Å². The van der Waals surface area contributed by atoms with Crippen LogP contribution in [0.4, 0.5) is 11.4 Å². The molecule has 3 rings (SSSR count). The molecule has 0 fully saturated rings. The van der Waals surface area contributed by atoms with Gasteiger partial charge in [-0.05, 0) is 30.7 Å². The van der Waals surface area contributed by atoms with E-state index in [0.29, 0.717) is 12.2 Å². The molecule has 0 unspecified atom stereocenters. The number of anilines is 2. The molecule has 23 heavy (non-hydrogen) atoms. The molecular formula is C17H19N3O3. The summed E-state index contributed by atoms with van der Waals surface area (Å²) in [5, 5.41) is 6.07. The summed E-state index contributed by atoms with van der Waals surface area (Å²) >= 11 is 0. The van der Waals surface area contributed by atoms with E-state index in [1.807, 2.05) is 24.3 Å². The molecule has 1 aliphatic rings. The van der Waals surface area contributed by atoms with E-state index in [9.17, 15) is 4.79 Å². The predicted molar refractivity (Wildman–Crippen MR) is 87.3 cm³/mol. The molecule has 1 aromatic heterocycles. The van der Waals surface area contributed by atoms with Crippen LogP contribution in [0.5, 0.6) is 11.5 Å². The van der Waals surface area contributed by atoms with Gasteiger partial charge in [-0.25, -0.2) is 4.98 Å². The van der Waals surface area contributed by atoms with E-state index in [4.69, 9.17) is 9.47 Å². The van der Waals surface area contributed by atoms with Crippen LogP contribution in [0, 0.1) is 0 Å². The molecule has 1 aliphatic heterocycles. The number of hydrogen-bond donors (Lipinski definition) is 2. The molecule has 1 aromatic carbocycles. The third kappa shape index (κ3) is 3.71. The Hall–Kier alpha value is -2.76. The summed E-state index contributed by atoms with van der Waals surface area (Å²) in [6.07, 6.45) is 3.65. The first-order valence-corrected chi connectivity index (χ1v) is 7.67. The number of unbranched alkanes of at least 4 members (excludes halogenated alkanes) is 1. The Morgan fingerprint density at radius 1 is 1.17 bits per heavy atom. The van der Waals surface area contributed by atoms with E-state index >= 15 is 0 Å². The van der Waals surface area contributed by atoms with Crippen LogP contribution < -0.4 is 20.1 Å². The molecule has 2 heterocycles. The van der Waals surface area contributed by atoms with Crippen molar-refractivity contribution < 1.29 is 14.3 Å². The fourth-order valence-electron chi connectivity index (χ4n) is 2.21. The maximum absolute atomic E-state index is 11.9. The van der Waals surface area contributed by atoms with Gasteiger partial charge in [0.15, 0.2) is 11.5 Å². The molecule has 0 atom stereocenters. The van der Waals surface area contributed by atoms with E-state index in [-0.39, 0.29) is 12.7 Å². The lowest BCUT2D eigenvalue weighted by Gasteiger charge is -2.08. The summed E-state index contributed by atoms with van der Waals surface area (Å²) in [5.41, 5.74) is 2.09. The quantitative estimate of drug-likeness (QED) is 0.802. The van der Waals surface area contributed by atoms with Crippen LogP contribution in [-0.4, -0.2) is 24.2 Å². The number of nitrogens with zero attached hydrogens (tertiary/aromatic N) is 1. The first-order chi connectivity index (χ1) is 11.3. The van der Waals surface area contributed by atoms with Crippen LogP contribution in [-0.2, 0) is 0 Å². The van der Waals surface area contributed by atoms with Crippen molar-refractivity contribution in [2.45, 2.75) is 19.8 Å². The minimum atomic E-state index is -0.145. The van der Waals surface area contributed by atoms with Crippen molar-refractivity contribution in [3.8, 4) is 11.5 Å². The molecule has 120 valence electrons. The third-order valence-electron chi connectivity index (χ3n) is 3.47. The first kappa shape index (κ1) is 15.1. The largest absolute Gasteiger partial charge is 0.454 e. The SMILES string of the molecule is CCCCNC(=O)c1ccc(Nc2ccc3c(c2)OCO3)cn1. The molecule has 0 spiro atoms. The standard InChI is InChI=1S/C17H19N3O3/c1-2-3-8-18-17(21)14-6-4-13(10-19-14)20-12-5-7-15-16(9-12)23-11-22-15/h4-7,9-10,20H,2-3,8,11H2,1H3,(H,18,21). The molecule has 1 amide bonds. The van der Waals surface area contributed by atoms with Gasteiger partial charge in [-0.3, -0.25) is 4.79 Å².